The Bertz CT molecular complexity index is 1310. The minimum atomic E-state index is 0.0709. The molecule has 5 nitrogen and oxygen atoms in total. The topological polar surface area (TPSA) is 56.1 Å². The van der Waals surface area contributed by atoms with Crippen LogP contribution in [0.5, 0.6) is 5.75 Å². The first kappa shape index (κ1) is 25.5. The van der Waals surface area contributed by atoms with Crippen molar-refractivity contribution >= 4 is 16.9 Å². The quantitative estimate of drug-likeness (QED) is 0.247. The van der Waals surface area contributed by atoms with Gasteiger partial charge in [-0.05, 0) is 74.9 Å². The van der Waals surface area contributed by atoms with Gasteiger partial charge in [0, 0.05) is 19.5 Å². The molecular weight excluding hydrogens is 446 g/mol. The van der Waals surface area contributed by atoms with Gasteiger partial charge in [-0.3, -0.25) is 4.79 Å². The number of carbonyl (C=O) groups excluding carboxylic acids is 1. The van der Waals surface area contributed by atoms with Crippen molar-refractivity contribution in [1.82, 2.24) is 14.9 Å². The van der Waals surface area contributed by atoms with Crippen LogP contribution in [-0.2, 0) is 24.2 Å². The number of hydrogen-bond acceptors (Lipinski definition) is 3. The standard InChI is InChI=1S/C31H37N3O2/c1-23-16-17-29(25(3)21-23)36-20-9-8-19-34-28-14-7-6-13-27(28)33-30(34)15-10-18-32-31(35)22-26-12-5-4-11-24(26)2/h4-7,11-14,16-17,21H,8-10,15,18-20,22H2,1-3H3,(H,32,35). The Morgan fingerprint density at radius 1 is 0.917 bits per heavy atom. The van der Waals surface area contributed by atoms with Crippen LogP contribution >= 0.6 is 0 Å². The SMILES string of the molecule is Cc1ccc(OCCCCn2c(CCCNC(=O)Cc3ccccc3C)nc3ccccc32)c(C)c1. The van der Waals surface area contributed by atoms with Gasteiger partial charge in [-0.25, -0.2) is 4.98 Å². The first-order valence-electron chi connectivity index (χ1n) is 13.0. The summed E-state index contributed by atoms with van der Waals surface area (Å²) in [5.74, 6) is 2.13. The lowest BCUT2D eigenvalue weighted by molar-refractivity contribution is -0.120. The van der Waals surface area contributed by atoms with Gasteiger partial charge >= 0.3 is 0 Å². The largest absolute Gasteiger partial charge is 0.493 e. The van der Waals surface area contributed by atoms with E-state index in [2.05, 4.69) is 60.1 Å². The zero-order chi connectivity index (χ0) is 25.3. The third-order valence-electron chi connectivity index (χ3n) is 6.61. The zero-order valence-electron chi connectivity index (χ0n) is 21.7. The lowest BCUT2D eigenvalue weighted by Crippen LogP contribution is -2.26. The molecule has 3 aromatic carbocycles. The van der Waals surface area contributed by atoms with Crippen LogP contribution in [0, 0.1) is 20.8 Å². The van der Waals surface area contributed by atoms with Crippen molar-refractivity contribution in [2.24, 2.45) is 0 Å². The predicted octanol–water partition coefficient (Wildman–Crippen LogP) is 6.11. The van der Waals surface area contributed by atoms with E-state index in [0.29, 0.717) is 19.6 Å². The summed E-state index contributed by atoms with van der Waals surface area (Å²) < 4.78 is 8.35. The van der Waals surface area contributed by atoms with Gasteiger partial charge in [0.05, 0.1) is 24.1 Å². The summed E-state index contributed by atoms with van der Waals surface area (Å²) in [7, 11) is 0. The second-order valence-corrected chi connectivity index (χ2v) is 9.55. The molecule has 1 amide bonds. The van der Waals surface area contributed by atoms with Crippen LogP contribution in [0.1, 0.15) is 47.3 Å². The summed E-state index contributed by atoms with van der Waals surface area (Å²) in [6.45, 7) is 8.51. The van der Waals surface area contributed by atoms with Gasteiger partial charge in [0.15, 0.2) is 0 Å². The molecule has 4 rings (SSSR count). The normalized spacial score (nSPS) is 11.1. The van der Waals surface area contributed by atoms with E-state index in [4.69, 9.17) is 9.72 Å². The highest BCUT2D eigenvalue weighted by atomic mass is 16.5. The lowest BCUT2D eigenvalue weighted by Gasteiger charge is -2.12. The van der Waals surface area contributed by atoms with Crippen molar-refractivity contribution in [3.05, 3.63) is 94.8 Å². The van der Waals surface area contributed by atoms with E-state index >= 15 is 0 Å². The lowest BCUT2D eigenvalue weighted by atomic mass is 10.1. The summed E-state index contributed by atoms with van der Waals surface area (Å²) in [6.07, 6.45) is 4.12. The molecule has 36 heavy (non-hydrogen) atoms. The van der Waals surface area contributed by atoms with Crippen molar-refractivity contribution in [3.8, 4) is 5.75 Å². The number of carbonyl (C=O) groups is 1. The molecule has 1 heterocycles. The van der Waals surface area contributed by atoms with E-state index in [1.807, 2.05) is 37.3 Å². The van der Waals surface area contributed by atoms with Crippen molar-refractivity contribution in [1.29, 1.82) is 0 Å². The molecule has 0 saturated carbocycles. The number of unbranched alkanes of at least 4 members (excludes halogenated alkanes) is 1. The number of para-hydroxylation sites is 2. The highest BCUT2D eigenvalue weighted by Crippen LogP contribution is 2.20. The van der Waals surface area contributed by atoms with Crippen molar-refractivity contribution < 1.29 is 9.53 Å². The zero-order valence-corrected chi connectivity index (χ0v) is 21.7. The maximum atomic E-state index is 12.4. The van der Waals surface area contributed by atoms with Gasteiger partial charge in [-0.15, -0.1) is 0 Å². The van der Waals surface area contributed by atoms with Crippen molar-refractivity contribution in [2.45, 2.75) is 59.4 Å². The van der Waals surface area contributed by atoms with Gasteiger partial charge in [0.1, 0.15) is 11.6 Å². The highest BCUT2D eigenvalue weighted by Gasteiger charge is 2.11. The minimum absolute atomic E-state index is 0.0709. The summed E-state index contributed by atoms with van der Waals surface area (Å²) in [5, 5.41) is 3.07. The third-order valence-corrected chi connectivity index (χ3v) is 6.61. The van der Waals surface area contributed by atoms with Crippen LogP contribution in [0.15, 0.2) is 66.7 Å². The number of fused-ring (bicyclic) bond motifs is 1. The molecule has 0 atom stereocenters. The Hall–Kier alpha value is -3.60. The van der Waals surface area contributed by atoms with E-state index in [9.17, 15) is 4.79 Å². The molecule has 4 aromatic rings. The maximum absolute atomic E-state index is 12.4. The monoisotopic (exact) mass is 483 g/mol. The van der Waals surface area contributed by atoms with E-state index in [1.54, 1.807) is 0 Å². The summed E-state index contributed by atoms with van der Waals surface area (Å²) in [5.41, 5.74) is 6.88. The van der Waals surface area contributed by atoms with Gasteiger partial charge in [0.2, 0.25) is 5.91 Å². The highest BCUT2D eigenvalue weighted by molar-refractivity contribution is 5.79. The number of aromatic nitrogens is 2. The maximum Gasteiger partial charge on any atom is 0.224 e. The Balaban J connectivity index is 1.27. The molecule has 0 spiro atoms. The number of ether oxygens (including phenoxy) is 1. The molecular formula is C31H37N3O2. The first-order valence-corrected chi connectivity index (χ1v) is 13.0. The number of rotatable bonds is 12. The smallest absolute Gasteiger partial charge is 0.224 e. The predicted molar refractivity (Wildman–Crippen MR) is 147 cm³/mol. The molecule has 1 N–H and O–H groups in total. The van der Waals surface area contributed by atoms with Crippen LogP contribution in [-0.4, -0.2) is 28.6 Å². The number of nitrogens with zero attached hydrogens (tertiary/aromatic N) is 2. The van der Waals surface area contributed by atoms with E-state index in [1.165, 1.54) is 16.6 Å². The minimum Gasteiger partial charge on any atom is -0.493 e. The fraction of sp³-hybridized carbons (Fsp3) is 0.355. The van der Waals surface area contributed by atoms with Crippen LogP contribution in [0.2, 0.25) is 0 Å². The van der Waals surface area contributed by atoms with Gasteiger partial charge in [0.25, 0.3) is 0 Å². The molecule has 0 saturated heterocycles. The Labute approximate surface area is 214 Å². The number of aryl methyl sites for hydroxylation is 5. The fourth-order valence-corrected chi connectivity index (χ4v) is 4.60. The van der Waals surface area contributed by atoms with Crippen LogP contribution in [0.4, 0.5) is 0 Å². The van der Waals surface area contributed by atoms with E-state index < -0.39 is 0 Å². The molecule has 0 aliphatic rings. The molecule has 188 valence electrons. The van der Waals surface area contributed by atoms with Gasteiger partial charge in [-0.2, -0.15) is 0 Å². The van der Waals surface area contributed by atoms with E-state index in [0.717, 1.165) is 60.4 Å². The molecule has 0 aliphatic carbocycles. The van der Waals surface area contributed by atoms with Gasteiger partial charge < -0.3 is 14.6 Å². The third kappa shape index (κ3) is 6.75. The fourth-order valence-electron chi connectivity index (χ4n) is 4.60. The summed E-state index contributed by atoms with van der Waals surface area (Å²) >= 11 is 0. The summed E-state index contributed by atoms with van der Waals surface area (Å²) in [6, 6.07) is 22.7. The average molecular weight is 484 g/mol. The van der Waals surface area contributed by atoms with Crippen LogP contribution in [0.3, 0.4) is 0 Å². The second-order valence-electron chi connectivity index (χ2n) is 9.55. The van der Waals surface area contributed by atoms with Gasteiger partial charge in [-0.1, -0.05) is 54.1 Å². The number of amides is 1. The molecule has 0 radical (unpaired) electrons. The molecule has 5 heteroatoms. The molecule has 0 fully saturated rings. The number of imidazole rings is 1. The molecule has 1 aromatic heterocycles. The number of nitrogens with one attached hydrogen (secondary N) is 1. The van der Waals surface area contributed by atoms with Crippen LogP contribution < -0.4 is 10.1 Å². The summed E-state index contributed by atoms with van der Waals surface area (Å²) in [4.78, 5) is 17.3. The molecule has 0 unspecified atom stereocenters. The Kier molecular flexibility index (Phi) is 8.77. The van der Waals surface area contributed by atoms with E-state index in [-0.39, 0.29) is 5.91 Å². The molecule has 0 aliphatic heterocycles. The van der Waals surface area contributed by atoms with Crippen LogP contribution in [0.25, 0.3) is 11.0 Å². The number of hydrogen-bond donors (Lipinski definition) is 1. The first-order chi connectivity index (χ1) is 17.5. The average Bonchev–Trinajstić information content (AvgIpc) is 3.21. The Morgan fingerprint density at radius 3 is 2.56 bits per heavy atom. The Morgan fingerprint density at radius 2 is 1.72 bits per heavy atom. The second kappa shape index (κ2) is 12.4. The molecule has 0 bridgehead atoms. The number of benzene rings is 3. The van der Waals surface area contributed by atoms with Crippen molar-refractivity contribution in [2.75, 3.05) is 13.2 Å². The van der Waals surface area contributed by atoms with Crippen molar-refractivity contribution in [3.63, 3.8) is 0 Å².